The molecular weight excluding hydrogens is 459 g/mol. The van der Waals surface area contributed by atoms with Crippen molar-refractivity contribution >= 4 is 35.8 Å². The molecular formula is C19H27IN4O3. The van der Waals surface area contributed by atoms with Crippen molar-refractivity contribution < 1.29 is 13.9 Å². The third-order valence-corrected chi connectivity index (χ3v) is 3.90. The van der Waals surface area contributed by atoms with Crippen molar-refractivity contribution in [1.29, 1.82) is 0 Å². The van der Waals surface area contributed by atoms with Crippen molar-refractivity contribution in [3.8, 4) is 5.75 Å². The Kier molecular flexibility index (Phi) is 10.3. The molecule has 1 amide bonds. The van der Waals surface area contributed by atoms with Gasteiger partial charge in [0.05, 0.1) is 13.7 Å². The number of carbonyl (C=O) groups is 1. The highest BCUT2D eigenvalue weighted by atomic mass is 127. The first kappa shape index (κ1) is 22.8. The molecule has 148 valence electrons. The molecule has 27 heavy (non-hydrogen) atoms. The second-order valence-electron chi connectivity index (χ2n) is 5.79. The number of primary amides is 1. The molecule has 0 atom stereocenters. The minimum atomic E-state index is -0.574. The number of aryl methyl sites for hydroxylation is 1. The van der Waals surface area contributed by atoms with Crippen LogP contribution in [-0.4, -0.2) is 32.6 Å². The van der Waals surface area contributed by atoms with Gasteiger partial charge in [0.2, 0.25) is 0 Å². The predicted molar refractivity (Wildman–Crippen MR) is 117 cm³/mol. The van der Waals surface area contributed by atoms with Crippen LogP contribution in [-0.2, 0) is 13.0 Å². The number of unbranched alkanes of at least 4 members (excludes halogenated alkanes) is 1. The summed E-state index contributed by atoms with van der Waals surface area (Å²) in [4.78, 5) is 15.2. The monoisotopic (exact) mass is 486 g/mol. The van der Waals surface area contributed by atoms with E-state index in [9.17, 15) is 4.79 Å². The Balaban J connectivity index is 0.00000364. The first-order chi connectivity index (χ1) is 12.6. The zero-order valence-corrected chi connectivity index (χ0v) is 18.0. The van der Waals surface area contributed by atoms with Crippen LogP contribution in [0.3, 0.4) is 0 Å². The number of methoxy groups -OCH3 is 1. The number of nitrogens with two attached hydrogens (primary N) is 1. The summed E-state index contributed by atoms with van der Waals surface area (Å²) in [6.45, 7) is 1.25. The number of halogens is 1. The van der Waals surface area contributed by atoms with Crippen molar-refractivity contribution in [1.82, 2.24) is 10.6 Å². The van der Waals surface area contributed by atoms with Crippen LogP contribution in [0.25, 0.3) is 0 Å². The molecule has 1 aromatic carbocycles. The summed E-state index contributed by atoms with van der Waals surface area (Å²) < 4.78 is 10.5. The summed E-state index contributed by atoms with van der Waals surface area (Å²) in [5.41, 5.74) is 6.47. The lowest BCUT2D eigenvalue weighted by atomic mass is 10.1. The highest BCUT2D eigenvalue weighted by molar-refractivity contribution is 14.0. The normalized spacial score (nSPS) is 10.8. The van der Waals surface area contributed by atoms with Crippen LogP contribution >= 0.6 is 24.0 Å². The summed E-state index contributed by atoms with van der Waals surface area (Å²) in [6, 6.07) is 11.4. The van der Waals surface area contributed by atoms with E-state index in [4.69, 9.17) is 14.9 Å². The highest BCUT2D eigenvalue weighted by Gasteiger charge is 2.07. The van der Waals surface area contributed by atoms with Gasteiger partial charge in [-0.15, -0.1) is 24.0 Å². The number of hydrogen-bond donors (Lipinski definition) is 3. The minimum absolute atomic E-state index is 0. The van der Waals surface area contributed by atoms with Gasteiger partial charge in [0.25, 0.3) is 5.91 Å². The van der Waals surface area contributed by atoms with Crippen LogP contribution in [0.4, 0.5) is 0 Å². The first-order valence-electron chi connectivity index (χ1n) is 8.58. The lowest BCUT2D eigenvalue weighted by molar-refractivity contribution is 0.0972. The average molecular weight is 486 g/mol. The molecule has 0 saturated carbocycles. The minimum Gasteiger partial charge on any atom is -0.497 e. The maximum Gasteiger partial charge on any atom is 0.284 e. The molecule has 0 spiro atoms. The van der Waals surface area contributed by atoms with Crippen LogP contribution in [0.1, 0.15) is 34.7 Å². The number of rotatable bonds is 9. The molecule has 1 aromatic heterocycles. The Morgan fingerprint density at radius 2 is 1.89 bits per heavy atom. The van der Waals surface area contributed by atoms with Gasteiger partial charge in [-0.25, -0.2) is 0 Å². The van der Waals surface area contributed by atoms with E-state index >= 15 is 0 Å². The van der Waals surface area contributed by atoms with Crippen LogP contribution in [0, 0.1) is 0 Å². The SMILES string of the molecule is CN=C(NCCCCc1ccc(OC)cc1)NCc1ccc(C(N)=O)o1.I. The van der Waals surface area contributed by atoms with Gasteiger partial charge in [-0.1, -0.05) is 12.1 Å². The molecule has 7 nitrogen and oxygen atoms in total. The quantitative estimate of drug-likeness (QED) is 0.219. The number of hydrogen-bond acceptors (Lipinski definition) is 4. The zero-order chi connectivity index (χ0) is 18.8. The Hall–Kier alpha value is -2.23. The Bertz CT molecular complexity index is 729. The van der Waals surface area contributed by atoms with Gasteiger partial charge in [0, 0.05) is 13.6 Å². The van der Waals surface area contributed by atoms with Crippen molar-refractivity contribution in [3.63, 3.8) is 0 Å². The fourth-order valence-electron chi connectivity index (χ4n) is 2.45. The number of nitrogens with zero attached hydrogens (tertiary/aromatic N) is 1. The molecule has 2 aromatic rings. The van der Waals surface area contributed by atoms with E-state index in [1.165, 1.54) is 5.56 Å². The molecule has 4 N–H and O–H groups in total. The summed E-state index contributed by atoms with van der Waals surface area (Å²) in [5.74, 6) is 1.77. The van der Waals surface area contributed by atoms with Crippen LogP contribution < -0.4 is 21.1 Å². The van der Waals surface area contributed by atoms with Crippen molar-refractivity contribution in [2.24, 2.45) is 10.7 Å². The molecule has 0 aliphatic rings. The van der Waals surface area contributed by atoms with Gasteiger partial charge in [-0.2, -0.15) is 0 Å². The first-order valence-corrected chi connectivity index (χ1v) is 8.58. The topological polar surface area (TPSA) is 102 Å². The summed E-state index contributed by atoms with van der Waals surface area (Å²) in [6.07, 6.45) is 3.13. The summed E-state index contributed by atoms with van der Waals surface area (Å²) in [7, 11) is 3.38. The molecule has 0 bridgehead atoms. The van der Waals surface area contributed by atoms with Gasteiger partial charge in [0.1, 0.15) is 11.5 Å². The number of aliphatic imine (C=N–C) groups is 1. The third-order valence-electron chi connectivity index (χ3n) is 3.90. The van der Waals surface area contributed by atoms with Gasteiger partial charge < -0.3 is 25.5 Å². The Morgan fingerprint density at radius 1 is 1.15 bits per heavy atom. The van der Waals surface area contributed by atoms with E-state index in [0.717, 1.165) is 31.6 Å². The number of guanidine groups is 1. The number of furan rings is 1. The maximum atomic E-state index is 11.0. The molecule has 1 heterocycles. The second kappa shape index (κ2) is 12.2. The lowest BCUT2D eigenvalue weighted by Crippen LogP contribution is -2.37. The van der Waals surface area contributed by atoms with Crippen LogP contribution in [0.15, 0.2) is 45.8 Å². The number of ether oxygens (including phenoxy) is 1. The molecule has 0 aliphatic heterocycles. The maximum absolute atomic E-state index is 11.0. The Labute approximate surface area is 176 Å². The molecule has 8 heteroatoms. The third kappa shape index (κ3) is 7.90. The van der Waals surface area contributed by atoms with E-state index in [0.29, 0.717) is 18.3 Å². The molecule has 0 unspecified atom stereocenters. The van der Waals surface area contributed by atoms with Gasteiger partial charge >= 0.3 is 0 Å². The number of nitrogens with one attached hydrogen (secondary N) is 2. The van der Waals surface area contributed by atoms with Gasteiger partial charge in [-0.3, -0.25) is 9.79 Å². The summed E-state index contributed by atoms with van der Waals surface area (Å²) in [5, 5.41) is 6.40. The van der Waals surface area contributed by atoms with Crippen LogP contribution in [0.5, 0.6) is 5.75 Å². The fourth-order valence-corrected chi connectivity index (χ4v) is 2.45. The van der Waals surface area contributed by atoms with E-state index in [2.05, 4.69) is 27.8 Å². The zero-order valence-electron chi connectivity index (χ0n) is 15.7. The van der Waals surface area contributed by atoms with Gasteiger partial charge in [0.15, 0.2) is 11.7 Å². The standard InChI is InChI=1S/C19H26N4O3.HI/c1-21-19(23-13-16-10-11-17(26-16)18(20)24)22-12-4-3-5-14-6-8-15(25-2)9-7-14;/h6-11H,3-5,12-13H2,1-2H3,(H2,20,24)(H2,21,22,23);1H. The van der Waals surface area contributed by atoms with Gasteiger partial charge in [-0.05, 0) is 49.1 Å². The molecule has 0 saturated heterocycles. The van der Waals surface area contributed by atoms with Crippen LogP contribution in [0.2, 0.25) is 0 Å². The lowest BCUT2D eigenvalue weighted by Gasteiger charge is -2.11. The highest BCUT2D eigenvalue weighted by Crippen LogP contribution is 2.13. The van der Waals surface area contributed by atoms with Crippen molar-refractivity contribution in [2.75, 3.05) is 20.7 Å². The molecule has 0 fully saturated rings. The summed E-state index contributed by atoms with van der Waals surface area (Å²) >= 11 is 0. The molecule has 2 rings (SSSR count). The van der Waals surface area contributed by atoms with Crippen molar-refractivity contribution in [3.05, 3.63) is 53.5 Å². The molecule has 0 radical (unpaired) electrons. The number of carbonyl (C=O) groups excluding carboxylic acids is 1. The predicted octanol–water partition coefficient (Wildman–Crippen LogP) is 2.69. The van der Waals surface area contributed by atoms with E-state index in [-0.39, 0.29) is 29.7 Å². The van der Waals surface area contributed by atoms with E-state index in [1.807, 2.05) is 12.1 Å². The fraction of sp³-hybridized carbons (Fsp3) is 0.368. The van der Waals surface area contributed by atoms with E-state index < -0.39 is 5.91 Å². The second-order valence-corrected chi connectivity index (χ2v) is 5.79. The number of amides is 1. The van der Waals surface area contributed by atoms with Crippen molar-refractivity contribution in [2.45, 2.75) is 25.8 Å². The largest absolute Gasteiger partial charge is 0.497 e. The average Bonchev–Trinajstić information content (AvgIpc) is 3.14. The number of benzene rings is 1. The van der Waals surface area contributed by atoms with E-state index in [1.54, 1.807) is 26.3 Å². The molecule has 0 aliphatic carbocycles. The smallest absolute Gasteiger partial charge is 0.284 e. The Morgan fingerprint density at radius 3 is 2.48 bits per heavy atom.